The molecule has 0 fully saturated rings. The summed E-state index contributed by atoms with van der Waals surface area (Å²) in [4.78, 5) is 4.32. The van der Waals surface area contributed by atoms with Crippen molar-refractivity contribution in [3.05, 3.63) is 36.2 Å². The third-order valence-corrected chi connectivity index (χ3v) is 2.38. The molecule has 0 saturated carbocycles. The zero-order valence-corrected chi connectivity index (χ0v) is 10.0. The fourth-order valence-corrected chi connectivity index (χ4v) is 1.27. The molecule has 0 radical (unpaired) electrons. The minimum absolute atomic E-state index is 0.197. The normalized spacial score (nSPS) is 12.9. The summed E-state index contributed by atoms with van der Waals surface area (Å²) in [5, 5.41) is 0. The van der Waals surface area contributed by atoms with Crippen molar-refractivity contribution < 1.29 is 4.74 Å². The molecule has 0 aromatic carbocycles. The van der Waals surface area contributed by atoms with E-state index in [1.165, 1.54) is 0 Å². The third-order valence-electron chi connectivity index (χ3n) is 2.38. The van der Waals surface area contributed by atoms with Crippen molar-refractivity contribution in [2.45, 2.75) is 32.7 Å². The van der Waals surface area contributed by atoms with E-state index in [1.54, 1.807) is 6.20 Å². The maximum absolute atomic E-state index is 5.86. The van der Waals surface area contributed by atoms with Crippen LogP contribution in [-0.2, 0) is 6.42 Å². The highest BCUT2D eigenvalue weighted by Gasteiger charge is 2.02. The van der Waals surface area contributed by atoms with Crippen LogP contribution in [0.15, 0.2) is 30.5 Å². The molecule has 2 N–H and O–H groups in total. The monoisotopic (exact) mass is 220 g/mol. The van der Waals surface area contributed by atoms with Crippen LogP contribution in [0.2, 0.25) is 0 Å². The van der Waals surface area contributed by atoms with Crippen LogP contribution in [0.25, 0.3) is 0 Å². The van der Waals surface area contributed by atoms with Gasteiger partial charge < -0.3 is 10.5 Å². The summed E-state index contributed by atoms with van der Waals surface area (Å²) in [5.41, 5.74) is 6.88. The van der Waals surface area contributed by atoms with E-state index in [1.807, 2.05) is 31.2 Å². The number of hydrogen-bond donors (Lipinski definition) is 1. The van der Waals surface area contributed by atoms with Gasteiger partial charge in [-0.15, -0.1) is 0 Å². The molecular weight excluding hydrogens is 200 g/mol. The lowest BCUT2D eigenvalue weighted by atomic mass is 10.1. The molecule has 3 nitrogen and oxygen atoms in total. The number of allylic oxidation sites excluding steroid dienone is 1. The fraction of sp³-hybridized carbons (Fsp3) is 0.462. The predicted molar refractivity (Wildman–Crippen MR) is 66.5 cm³/mol. The van der Waals surface area contributed by atoms with E-state index in [4.69, 9.17) is 10.5 Å². The van der Waals surface area contributed by atoms with Gasteiger partial charge in [-0.2, -0.15) is 0 Å². The molecule has 0 aliphatic rings. The number of hydrogen-bond acceptors (Lipinski definition) is 3. The van der Waals surface area contributed by atoms with E-state index < -0.39 is 0 Å². The summed E-state index contributed by atoms with van der Waals surface area (Å²) in [6, 6.07) is 4.11. The molecule has 1 aromatic heterocycles. The first-order valence-corrected chi connectivity index (χ1v) is 5.70. The molecule has 0 bridgehead atoms. The van der Waals surface area contributed by atoms with Crippen molar-refractivity contribution in [3.63, 3.8) is 0 Å². The molecule has 0 aliphatic heterocycles. The molecule has 1 atom stereocenters. The number of nitrogens with two attached hydrogens (primary N) is 1. The maximum Gasteiger partial charge on any atom is 0.138 e. The van der Waals surface area contributed by atoms with Crippen LogP contribution in [0.5, 0.6) is 5.75 Å². The Morgan fingerprint density at radius 2 is 2.31 bits per heavy atom. The maximum atomic E-state index is 5.86. The van der Waals surface area contributed by atoms with Crippen LogP contribution < -0.4 is 10.5 Å². The van der Waals surface area contributed by atoms with Crippen molar-refractivity contribution in [3.8, 4) is 5.75 Å². The molecule has 88 valence electrons. The molecule has 16 heavy (non-hydrogen) atoms. The smallest absolute Gasteiger partial charge is 0.138 e. The van der Waals surface area contributed by atoms with Crippen molar-refractivity contribution >= 4 is 0 Å². The van der Waals surface area contributed by atoms with Crippen LogP contribution in [0.1, 0.15) is 26.0 Å². The Morgan fingerprint density at radius 1 is 1.50 bits per heavy atom. The number of pyridine rings is 1. The fourth-order valence-electron chi connectivity index (χ4n) is 1.27. The molecular formula is C13H20N2O. The lowest BCUT2D eigenvalue weighted by Crippen LogP contribution is -2.21. The second kappa shape index (κ2) is 7.01. The number of rotatable bonds is 6. The number of ether oxygens (including phenoxy) is 1. The Kier molecular flexibility index (Phi) is 5.57. The summed E-state index contributed by atoms with van der Waals surface area (Å²) in [7, 11) is 0. The second-order valence-corrected chi connectivity index (χ2v) is 3.74. The predicted octanol–water partition coefficient (Wildman–Crippen LogP) is 2.32. The van der Waals surface area contributed by atoms with Crippen molar-refractivity contribution in [2.24, 2.45) is 5.73 Å². The Morgan fingerprint density at radius 3 is 2.88 bits per heavy atom. The lowest BCUT2D eigenvalue weighted by Gasteiger charge is -2.08. The van der Waals surface area contributed by atoms with E-state index in [2.05, 4.69) is 11.9 Å². The van der Waals surface area contributed by atoms with Gasteiger partial charge in [0.2, 0.25) is 0 Å². The number of nitrogens with zero attached hydrogens (tertiary/aromatic N) is 1. The molecule has 0 saturated heterocycles. The van der Waals surface area contributed by atoms with Crippen molar-refractivity contribution in [1.82, 2.24) is 4.98 Å². The van der Waals surface area contributed by atoms with Crippen LogP contribution >= 0.6 is 0 Å². The third kappa shape index (κ3) is 4.45. The van der Waals surface area contributed by atoms with E-state index >= 15 is 0 Å². The average molecular weight is 220 g/mol. The molecule has 0 aliphatic carbocycles. The highest BCUT2D eigenvalue weighted by atomic mass is 16.5. The molecule has 1 unspecified atom stereocenters. The van der Waals surface area contributed by atoms with E-state index in [-0.39, 0.29) is 6.04 Å². The minimum atomic E-state index is 0.197. The number of aromatic nitrogens is 1. The quantitative estimate of drug-likeness (QED) is 0.748. The Bertz CT molecular complexity index is 319. The van der Waals surface area contributed by atoms with Gasteiger partial charge in [0.1, 0.15) is 12.4 Å². The summed E-state index contributed by atoms with van der Waals surface area (Å²) in [6.07, 6.45) is 7.47. The van der Waals surface area contributed by atoms with E-state index in [9.17, 15) is 0 Å². The van der Waals surface area contributed by atoms with Crippen LogP contribution in [0, 0.1) is 0 Å². The first-order valence-electron chi connectivity index (χ1n) is 5.70. The van der Waals surface area contributed by atoms with E-state index in [0.29, 0.717) is 6.61 Å². The zero-order valence-electron chi connectivity index (χ0n) is 10.0. The first kappa shape index (κ1) is 12.7. The van der Waals surface area contributed by atoms with Gasteiger partial charge in [0, 0.05) is 18.2 Å². The SMILES string of the molecule is CC=CCOc1ccc(CC(N)CC)nc1. The molecule has 1 aromatic rings. The van der Waals surface area contributed by atoms with Gasteiger partial charge in [-0.25, -0.2) is 0 Å². The topological polar surface area (TPSA) is 48.1 Å². The molecule has 3 heteroatoms. The van der Waals surface area contributed by atoms with Crippen LogP contribution in [0.3, 0.4) is 0 Å². The van der Waals surface area contributed by atoms with Gasteiger partial charge in [0.05, 0.1) is 6.20 Å². The zero-order chi connectivity index (χ0) is 11.8. The molecule has 1 heterocycles. The van der Waals surface area contributed by atoms with Crippen molar-refractivity contribution in [2.75, 3.05) is 6.61 Å². The summed E-state index contributed by atoms with van der Waals surface area (Å²) in [6.45, 7) is 4.64. The Hall–Kier alpha value is -1.35. The highest BCUT2D eigenvalue weighted by Crippen LogP contribution is 2.10. The molecule has 1 rings (SSSR count). The molecule has 0 spiro atoms. The largest absolute Gasteiger partial charge is 0.488 e. The van der Waals surface area contributed by atoms with Crippen LogP contribution in [0.4, 0.5) is 0 Å². The Labute approximate surface area is 97.3 Å². The van der Waals surface area contributed by atoms with Gasteiger partial charge in [0.15, 0.2) is 0 Å². The summed E-state index contributed by atoms with van der Waals surface area (Å²) in [5.74, 6) is 0.798. The summed E-state index contributed by atoms with van der Waals surface area (Å²) < 4.78 is 5.45. The minimum Gasteiger partial charge on any atom is -0.488 e. The van der Waals surface area contributed by atoms with Crippen molar-refractivity contribution in [1.29, 1.82) is 0 Å². The second-order valence-electron chi connectivity index (χ2n) is 3.74. The van der Waals surface area contributed by atoms with Gasteiger partial charge in [0.25, 0.3) is 0 Å². The van der Waals surface area contributed by atoms with Crippen LogP contribution in [-0.4, -0.2) is 17.6 Å². The lowest BCUT2D eigenvalue weighted by molar-refractivity contribution is 0.361. The van der Waals surface area contributed by atoms with Gasteiger partial charge in [-0.1, -0.05) is 19.1 Å². The molecule has 0 amide bonds. The first-order chi connectivity index (χ1) is 7.76. The standard InChI is InChI=1S/C13H20N2O/c1-3-5-8-16-13-7-6-12(15-10-13)9-11(14)4-2/h3,5-7,10-11H,4,8-9,14H2,1-2H3. The highest BCUT2D eigenvalue weighted by molar-refractivity contribution is 5.20. The summed E-state index contributed by atoms with van der Waals surface area (Å²) >= 11 is 0. The average Bonchev–Trinajstić information content (AvgIpc) is 2.31. The Balaban J connectivity index is 2.47. The van der Waals surface area contributed by atoms with Gasteiger partial charge >= 0.3 is 0 Å². The van der Waals surface area contributed by atoms with E-state index in [0.717, 1.165) is 24.3 Å². The van der Waals surface area contributed by atoms with Gasteiger partial charge in [-0.05, 0) is 25.5 Å². The van der Waals surface area contributed by atoms with Gasteiger partial charge in [-0.3, -0.25) is 4.98 Å².